The van der Waals surface area contributed by atoms with Crippen molar-refractivity contribution in [2.75, 3.05) is 18.1 Å². The first-order chi connectivity index (χ1) is 7.93. The number of fused-ring (bicyclic) bond motifs is 1. The maximum absolute atomic E-state index is 4.36. The van der Waals surface area contributed by atoms with Crippen LogP contribution in [0, 0.1) is 0 Å². The minimum absolute atomic E-state index is 0.592. The van der Waals surface area contributed by atoms with Crippen LogP contribution in [-0.4, -0.2) is 38.9 Å². The Balaban J connectivity index is 1.71. The third kappa shape index (κ3) is 2.11. The molecular weight excluding hydrogens is 220 g/mol. The van der Waals surface area contributed by atoms with Gasteiger partial charge in [0, 0.05) is 43.5 Å². The van der Waals surface area contributed by atoms with E-state index in [-0.39, 0.29) is 0 Å². The summed E-state index contributed by atoms with van der Waals surface area (Å²) in [4.78, 5) is 0. The van der Waals surface area contributed by atoms with Crippen molar-refractivity contribution >= 4 is 11.8 Å². The van der Waals surface area contributed by atoms with E-state index in [1.54, 1.807) is 0 Å². The Hall–Kier alpha value is -0.550. The summed E-state index contributed by atoms with van der Waals surface area (Å²) in [5.74, 6) is 4.84. The molecule has 1 saturated heterocycles. The second-order valence-electron chi connectivity index (χ2n) is 4.57. The molecule has 0 saturated carbocycles. The molecule has 0 aliphatic carbocycles. The van der Waals surface area contributed by atoms with E-state index < -0.39 is 0 Å². The summed E-state index contributed by atoms with van der Waals surface area (Å²) in [6.45, 7) is 2.26. The number of rotatable bonds is 2. The predicted molar refractivity (Wildman–Crippen MR) is 65.8 cm³/mol. The summed E-state index contributed by atoms with van der Waals surface area (Å²) in [6.07, 6.45) is 4.71. The molecule has 1 atom stereocenters. The largest absolute Gasteiger partial charge is 0.315 e. The maximum Gasteiger partial charge on any atom is 0.134 e. The summed E-state index contributed by atoms with van der Waals surface area (Å²) < 4.78 is 2.34. The van der Waals surface area contributed by atoms with E-state index >= 15 is 0 Å². The summed E-state index contributed by atoms with van der Waals surface area (Å²) >= 11 is 2.04. The van der Waals surface area contributed by atoms with Gasteiger partial charge in [0.1, 0.15) is 11.6 Å². The van der Waals surface area contributed by atoms with Crippen LogP contribution in [0.4, 0.5) is 0 Å². The average molecular weight is 238 g/mol. The Bertz CT molecular complexity index is 357. The quantitative estimate of drug-likeness (QED) is 0.830. The van der Waals surface area contributed by atoms with Gasteiger partial charge in [-0.05, 0) is 12.8 Å². The molecule has 0 amide bonds. The zero-order valence-corrected chi connectivity index (χ0v) is 10.3. The zero-order chi connectivity index (χ0) is 10.8. The van der Waals surface area contributed by atoms with Crippen molar-refractivity contribution in [2.45, 2.75) is 38.3 Å². The molecule has 3 rings (SSSR count). The van der Waals surface area contributed by atoms with E-state index in [0.29, 0.717) is 6.04 Å². The minimum Gasteiger partial charge on any atom is -0.315 e. The molecule has 0 bridgehead atoms. The highest BCUT2D eigenvalue weighted by atomic mass is 32.2. The third-order valence-corrected chi connectivity index (χ3v) is 4.49. The Morgan fingerprint density at radius 1 is 1.38 bits per heavy atom. The van der Waals surface area contributed by atoms with Gasteiger partial charge in [-0.25, -0.2) is 0 Å². The van der Waals surface area contributed by atoms with Gasteiger partial charge in [-0.3, -0.25) is 0 Å². The lowest BCUT2D eigenvalue weighted by molar-refractivity contribution is 0.484. The summed E-state index contributed by atoms with van der Waals surface area (Å²) in [5.41, 5.74) is 0. The average Bonchev–Trinajstić information content (AvgIpc) is 2.74. The van der Waals surface area contributed by atoms with E-state index in [2.05, 4.69) is 20.1 Å². The van der Waals surface area contributed by atoms with Crippen LogP contribution >= 0.6 is 11.8 Å². The molecule has 3 heterocycles. The molecule has 1 fully saturated rings. The number of aromatic nitrogens is 3. The molecule has 1 aromatic heterocycles. The maximum atomic E-state index is 4.36. The number of nitrogens with one attached hydrogen (secondary N) is 1. The minimum atomic E-state index is 0.592. The van der Waals surface area contributed by atoms with Gasteiger partial charge in [0.2, 0.25) is 0 Å². The van der Waals surface area contributed by atoms with Crippen molar-refractivity contribution in [3.05, 3.63) is 11.6 Å². The lowest BCUT2D eigenvalue weighted by Gasteiger charge is -2.23. The molecule has 2 aliphatic rings. The highest BCUT2D eigenvalue weighted by Crippen LogP contribution is 2.17. The molecule has 1 aromatic rings. The predicted octanol–water partition coefficient (Wildman–Crippen LogP) is 0.862. The molecule has 88 valence electrons. The molecule has 0 radical (unpaired) electrons. The zero-order valence-electron chi connectivity index (χ0n) is 9.48. The van der Waals surface area contributed by atoms with Crippen LogP contribution in [0.15, 0.2) is 0 Å². The molecule has 2 aliphatic heterocycles. The van der Waals surface area contributed by atoms with Gasteiger partial charge in [0.05, 0.1) is 0 Å². The van der Waals surface area contributed by atoms with Gasteiger partial charge in [-0.15, -0.1) is 10.2 Å². The van der Waals surface area contributed by atoms with Crippen molar-refractivity contribution < 1.29 is 0 Å². The smallest absolute Gasteiger partial charge is 0.134 e. The number of hydrogen-bond donors (Lipinski definition) is 1. The van der Waals surface area contributed by atoms with E-state index in [9.17, 15) is 0 Å². The van der Waals surface area contributed by atoms with Gasteiger partial charge >= 0.3 is 0 Å². The SMILES string of the molecule is C1CCn2c(nnc2CC2CSCCN2)C1. The third-order valence-electron chi connectivity index (χ3n) is 3.36. The molecule has 1 N–H and O–H groups in total. The van der Waals surface area contributed by atoms with Crippen LogP contribution in [0.2, 0.25) is 0 Å². The van der Waals surface area contributed by atoms with Gasteiger partial charge in [-0.1, -0.05) is 0 Å². The standard InChI is InChI=1S/C11H18N4S/c1-2-5-15-10(3-1)13-14-11(15)7-9-8-16-6-4-12-9/h9,12H,1-8H2. The van der Waals surface area contributed by atoms with Crippen molar-refractivity contribution in [3.8, 4) is 0 Å². The molecule has 16 heavy (non-hydrogen) atoms. The van der Waals surface area contributed by atoms with Crippen LogP contribution in [-0.2, 0) is 19.4 Å². The summed E-state index contributed by atoms with van der Waals surface area (Å²) in [7, 11) is 0. The van der Waals surface area contributed by atoms with Gasteiger partial charge in [0.15, 0.2) is 0 Å². The first kappa shape index (κ1) is 10.6. The highest BCUT2D eigenvalue weighted by Gasteiger charge is 2.20. The monoisotopic (exact) mass is 238 g/mol. The molecule has 0 aromatic carbocycles. The van der Waals surface area contributed by atoms with Crippen molar-refractivity contribution in [1.29, 1.82) is 0 Å². The lowest BCUT2D eigenvalue weighted by atomic mass is 10.1. The Morgan fingerprint density at radius 3 is 3.25 bits per heavy atom. The topological polar surface area (TPSA) is 42.7 Å². The fourth-order valence-corrected chi connectivity index (χ4v) is 3.44. The van der Waals surface area contributed by atoms with Crippen molar-refractivity contribution in [1.82, 2.24) is 20.1 Å². The van der Waals surface area contributed by atoms with Crippen molar-refractivity contribution in [3.63, 3.8) is 0 Å². The molecule has 1 unspecified atom stereocenters. The Kier molecular flexibility index (Phi) is 3.15. The summed E-state index contributed by atoms with van der Waals surface area (Å²) in [5, 5.41) is 12.2. The van der Waals surface area contributed by atoms with Crippen LogP contribution in [0.1, 0.15) is 24.5 Å². The number of nitrogens with zero attached hydrogens (tertiary/aromatic N) is 3. The number of thioether (sulfide) groups is 1. The molecular formula is C11H18N4S. The first-order valence-corrected chi connectivity index (χ1v) is 7.31. The molecule has 0 spiro atoms. The van der Waals surface area contributed by atoms with Crippen LogP contribution in [0.3, 0.4) is 0 Å². The van der Waals surface area contributed by atoms with E-state index in [1.165, 1.54) is 36.0 Å². The fraction of sp³-hybridized carbons (Fsp3) is 0.818. The lowest BCUT2D eigenvalue weighted by Crippen LogP contribution is -2.39. The van der Waals surface area contributed by atoms with E-state index in [1.807, 2.05) is 11.8 Å². The number of hydrogen-bond acceptors (Lipinski definition) is 4. The normalized spacial score (nSPS) is 25.4. The Morgan fingerprint density at radius 2 is 2.38 bits per heavy atom. The number of aryl methyl sites for hydroxylation is 1. The second kappa shape index (κ2) is 4.75. The second-order valence-corrected chi connectivity index (χ2v) is 5.72. The van der Waals surface area contributed by atoms with Gasteiger partial charge in [0.25, 0.3) is 0 Å². The summed E-state index contributed by atoms with van der Waals surface area (Å²) in [6, 6.07) is 0.592. The van der Waals surface area contributed by atoms with Crippen LogP contribution in [0.25, 0.3) is 0 Å². The van der Waals surface area contributed by atoms with Crippen LogP contribution < -0.4 is 5.32 Å². The Labute approximate surface area is 100 Å². The van der Waals surface area contributed by atoms with Gasteiger partial charge < -0.3 is 9.88 Å². The first-order valence-electron chi connectivity index (χ1n) is 6.15. The van der Waals surface area contributed by atoms with Crippen LogP contribution in [0.5, 0.6) is 0 Å². The van der Waals surface area contributed by atoms with E-state index in [0.717, 1.165) is 25.9 Å². The van der Waals surface area contributed by atoms with Gasteiger partial charge in [-0.2, -0.15) is 11.8 Å². The molecule has 4 nitrogen and oxygen atoms in total. The van der Waals surface area contributed by atoms with Crippen molar-refractivity contribution in [2.24, 2.45) is 0 Å². The highest BCUT2D eigenvalue weighted by molar-refractivity contribution is 7.99. The fourth-order valence-electron chi connectivity index (χ4n) is 2.49. The van der Waals surface area contributed by atoms with E-state index in [4.69, 9.17) is 0 Å². The molecule has 5 heteroatoms.